The molecule has 0 N–H and O–H groups in total. The molecule has 1 aromatic carbocycles. The quantitative estimate of drug-likeness (QED) is 0.729. The zero-order valence-corrected chi connectivity index (χ0v) is 14.5. The summed E-state index contributed by atoms with van der Waals surface area (Å²) in [6, 6.07) is 7.48. The molecule has 26 heavy (non-hydrogen) atoms. The third-order valence-electron chi connectivity index (χ3n) is 4.24. The molecular formula is C18H15F4NO2S. The lowest BCUT2D eigenvalue weighted by Gasteiger charge is -2.11. The molecule has 0 fully saturated rings. The molecule has 8 heteroatoms. The number of hydrogen-bond donors (Lipinski definition) is 0. The number of sulfone groups is 1. The number of rotatable bonds is 3. The Morgan fingerprint density at radius 1 is 0.962 bits per heavy atom. The van der Waals surface area contributed by atoms with Gasteiger partial charge in [-0.25, -0.2) is 17.8 Å². The van der Waals surface area contributed by atoms with E-state index in [0.717, 1.165) is 18.4 Å². The van der Waals surface area contributed by atoms with Crippen molar-refractivity contribution in [2.75, 3.05) is 6.26 Å². The van der Waals surface area contributed by atoms with Gasteiger partial charge < -0.3 is 0 Å². The van der Waals surface area contributed by atoms with Crippen LogP contribution >= 0.6 is 0 Å². The van der Waals surface area contributed by atoms with Crippen LogP contribution in [0.2, 0.25) is 0 Å². The van der Waals surface area contributed by atoms with E-state index in [1.54, 1.807) is 6.07 Å². The van der Waals surface area contributed by atoms with Gasteiger partial charge in [-0.05, 0) is 40.5 Å². The van der Waals surface area contributed by atoms with E-state index < -0.39 is 27.7 Å². The monoisotopic (exact) mass is 385 g/mol. The summed E-state index contributed by atoms with van der Waals surface area (Å²) in [6.07, 6.45) is -2.98. The zero-order chi connectivity index (χ0) is 19.1. The second-order valence-corrected chi connectivity index (χ2v) is 8.16. The first kappa shape index (κ1) is 18.6. The van der Waals surface area contributed by atoms with Crippen molar-refractivity contribution < 1.29 is 26.0 Å². The normalized spacial score (nSPS) is 18.4. The lowest BCUT2D eigenvalue weighted by molar-refractivity contribution is -0.137. The summed E-state index contributed by atoms with van der Waals surface area (Å²) in [7, 11) is -3.45. The van der Waals surface area contributed by atoms with Gasteiger partial charge in [0.05, 0.1) is 5.56 Å². The van der Waals surface area contributed by atoms with Crippen molar-refractivity contribution in [1.82, 2.24) is 4.98 Å². The highest BCUT2D eigenvalue weighted by atomic mass is 32.2. The molecule has 1 aliphatic carbocycles. The summed E-state index contributed by atoms with van der Waals surface area (Å²) in [5.41, 5.74) is 1.55. The van der Waals surface area contributed by atoms with Crippen LogP contribution < -0.4 is 0 Å². The topological polar surface area (TPSA) is 47.0 Å². The summed E-state index contributed by atoms with van der Waals surface area (Å²) < 4.78 is 75.1. The van der Waals surface area contributed by atoms with Crippen LogP contribution in [0.4, 0.5) is 17.6 Å². The highest BCUT2D eigenvalue weighted by Gasteiger charge is 2.31. The van der Waals surface area contributed by atoms with Gasteiger partial charge in [0.15, 0.2) is 14.9 Å². The molecule has 0 saturated heterocycles. The molecule has 3 nitrogen and oxygen atoms in total. The summed E-state index contributed by atoms with van der Waals surface area (Å²) in [5.74, 6) is 0. The van der Waals surface area contributed by atoms with Gasteiger partial charge in [0.25, 0.3) is 0 Å². The molecule has 0 aliphatic heterocycles. The van der Waals surface area contributed by atoms with Crippen LogP contribution in [0.5, 0.6) is 0 Å². The fourth-order valence-electron chi connectivity index (χ4n) is 2.98. The van der Waals surface area contributed by atoms with E-state index in [1.807, 2.05) is 0 Å². The largest absolute Gasteiger partial charge is 0.416 e. The standard InChI is InChI=1S/C18H15F4NO2S/c1-26(24,25)17-7-4-12(10-23-17)16-9-14(19)8-15(16)11-2-5-13(6-3-11)18(20,21)22/h2-7,10,14H,8-9H2,1H3. The highest BCUT2D eigenvalue weighted by Crippen LogP contribution is 2.41. The first-order chi connectivity index (χ1) is 12.1. The average molecular weight is 385 g/mol. The Kier molecular flexibility index (Phi) is 4.64. The van der Waals surface area contributed by atoms with E-state index >= 15 is 0 Å². The van der Waals surface area contributed by atoms with E-state index in [-0.39, 0.29) is 17.9 Å². The van der Waals surface area contributed by atoms with Crippen molar-refractivity contribution in [2.45, 2.75) is 30.2 Å². The third kappa shape index (κ3) is 3.80. The van der Waals surface area contributed by atoms with Crippen LogP contribution in [-0.4, -0.2) is 25.8 Å². The smallest absolute Gasteiger partial charge is 0.247 e. The van der Waals surface area contributed by atoms with Crippen LogP contribution in [0.25, 0.3) is 11.1 Å². The number of aromatic nitrogens is 1. The number of nitrogens with zero attached hydrogens (tertiary/aromatic N) is 1. The number of halogens is 4. The van der Waals surface area contributed by atoms with Gasteiger partial charge in [0.2, 0.25) is 0 Å². The fraction of sp³-hybridized carbons (Fsp3) is 0.278. The number of benzene rings is 1. The number of allylic oxidation sites excluding steroid dienone is 2. The van der Waals surface area contributed by atoms with Crippen molar-refractivity contribution in [3.63, 3.8) is 0 Å². The van der Waals surface area contributed by atoms with Gasteiger partial charge in [-0.15, -0.1) is 0 Å². The minimum absolute atomic E-state index is 0.0901. The molecule has 138 valence electrons. The average Bonchev–Trinajstić information content (AvgIpc) is 2.95. The van der Waals surface area contributed by atoms with E-state index in [4.69, 9.17) is 0 Å². The van der Waals surface area contributed by atoms with Gasteiger partial charge in [-0.2, -0.15) is 13.2 Å². The summed E-state index contributed by atoms with van der Waals surface area (Å²) in [4.78, 5) is 3.90. The predicted octanol–water partition coefficient (Wildman–Crippen LogP) is 4.55. The maximum absolute atomic E-state index is 14.0. The van der Waals surface area contributed by atoms with Crippen molar-refractivity contribution in [3.8, 4) is 0 Å². The second-order valence-electron chi connectivity index (χ2n) is 6.20. The zero-order valence-electron chi connectivity index (χ0n) is 13.7. The molecule has 1 aromatic heterocycles. The number of alkyl halides is 4. The Bertz CT molecular complexity index is 946. The molecule has 0 radical (unpaired) electrons. The SMILES string of the molecule is CS(=O)(=O)c1ccc(C2=C(c3ccc(C(F)(F)F)cc3)CC(F)C2)cn1. The van der Waals surface area contributed by atoms with Crippen LogP contribution in [0.15, 0.2) is 47.6 Å². The van der Waals surface area contributed by atoms with Crippen LogP contribution in [0, 0.1) is 0 Å². The molecule has 0 amide bonds. The Morgan fingerprint density at radius 2 is 1.50 bits per heavy atom. The number of pyridine rings is 1. The van der Waals surface area contributed by atoms with Gasteiger partial charge >= 0.3 is 6.18 Å². The Hall–Kier alpha value is -2.22. The van der Waals surface area contributed by atoms with Gasteiger partial charge in [0, 0.05) is 25.3 Å². The van der Waals surface area contributed by atoms with Crippen molar-refractivity contribution in [3.05, 3.63) is 59.3 Å². The molecule has 0 spiro atoms. The van der Waals surface area contributed by atoms with Gasteiger partial charge in [-0.3, -0.25) is 0 Å². The van der Waals surface area contributed by atoms with E-state index in [1.165, 1.54) is 24.4 Å². The highest BCUT2D eigenvalue weighted by molar-refractivity contribution is 7.90. The van der Waals surface area contributed by atoms with Gasteiger partial charge in [-0.1, -0.05) is 18.2 Å². The molecule has 0 bridgehead atoms. The van der Waals surface area contributed by atoms with Crippen molar-refractivity contribution in [2.24, 2.45) is 0 Å². The predicted molar refractivity (Wildman–Crippen MR) is 89.7 cm³/mol. The minimum Gasteiger partial charge on any atom is -0.247 e. The summed E-state index contributed by atoms with van der Waals surface area (Å²) in [5, 5.41) is -0.0901. The first-order valence-corrected chi connectivity index (χ1v) is 9.65. The van der Waals surface area contributed by atoms with Crippen molar-refractivity contribution in [1.29, 1.82) is 0 Å². The molecule has 1 heterocycles. The molecule has 1 atom stereocenters. The maximum Gasteiger partial charge on any atom is 0.416 e. The molecule has 1 unspecified atom stereocenters. The summed E-state index contributed by atoms with van der Waals surface area (Å²) >= 11 is 0. The third-order valence-corrected chi connectivity index (χ3v) is 5.24. The van der Waals surface area contributed by atoms with Crippen LogP contribution in [-0.2, 0) is 16.0 Å². The van der Waals surface area contributed by atoms with Crippen LogP contribution in [0.1, 0.15) is 29.5 Å². The minimum atomic E-state index is -4.43. The Labute approximate surface area is 148 Å². The molecule has 3 rings (SSSR count). The molecule has 1 aliphatic rings. The molecular weight excluding hydrogens is 370 g/mol. The first-order valence-electron chi connectivity index (χ1n) is 7.76. The second kappa shape index (κ2) is 6.50. The van der Waals surface area contributed by atoms with E-state index in [0.29, 0.717) is 22.3 Å². The molecule has 0 saturated carbocycles. The van der Waals surface area contributed by atoms with Crippen molar-refractivity contribution >= 4 is 21.0 Å². The lowest BCUT2D eigenvalue weighted by Crippen LogP contribution is -2.04. The Balaban J connectivity index is 2.00. The summed E-state index contributed by atoms with van der Waals surface area (Å²) in [6.45, 7) is 0. The van der Waals surface area contributed by atoms with Crippen LogP contribution in [0.3, 0.4) is 0 Å². The van der Waals surface area contributed by atoms with E-state index in [2.05, 4.69) is 4.98 Å². The van der Waals surface area contributed by atoms with Gasteiger partial charge in [0.1, 0.15) is 6.17 Å². The maximum atomic E-state index is 14.0. The lowest BCUT2D eigenvalue weighted by atomic mass is 9.97. The number of hydrogen-bond acceptors (Lipinski definition) is 3. The fourth-order valence-corrected chi connectivity index (χ4v) is 3.54. The molecule has 2 aromatic rings. The van der Waals surface area contributed by atoms with E-state index in [9.17, 15) is 26.0 Å². The Morgan fingerprint density at radius 3 is 1.96 bits per heavy atom.